The Labute approximate surface area is 112 Å². The number of carbonyl (C=O) groups is 1. The molecule has 1 heterocycles. The third-order valence-corrected chi connectivity index (χ3v) is 2.63. The molecule has 2 aromatic rings. The molecule has 5 nitrogen and oxygen atoms in total. The number of aromatic nitrogens is 2. The predicted octanol–water partition coefficient (Wildman–Crippen LogP) is 1.94. The van der Waals surface area contributed by atoms with E-state index >= 15 is 0 Å². The fourth-order valence-corrected chi connectivity index (χ4v) is 1.58. The van der Waals surface area contributed by atoms with Crippen LogP contribution in [0.15, 0.2) is 30.6 Å². The number of amides is 1. The number of hydrogen-bond donors (Lipinski definition) is 3. The number of carbonyl (C=O) groups excluding carboxylic acids is 1. The standard InChI is InChI=1S/C12H11F3N4O/c13-12(14,15)8-1-2-10(16)9(3-8)11(20)17-4-7-5-18-19-6-7/h1-3,5-6H,4,16H2,(H,17,20)(H,18,19). The SMILES string of the molecule is Nc1ccc(C(F)(F)F)cc1C(=O)NCc1cn[nH]c1. The lowest BCUT2D eigenvalue weighted by molar-refractivity contribution is -0.137. The zero-order valence-electron chi connectivity index (χ0n) is 10.2. The molecule has 8 heteroatoms. The topological polar surface area (TPSA) is 83.8 Å². The summed E-state index contributed by atoms with van der Waals surface area (Å²) in [5.74, 6) is -0.671. The normalized spacial score (nSPS) is 11.3. The van der Waals surface area contributed by atoms with Crippen molar-refractivity contribution in [2.45, 2.75) is 12.7 Å². The average Bonchev–Trinajstić information content (AvgIpc) is 2.88. The van der Waals surface area contributed by atoms with Crippen LogP contribution in [0.3, 0.4) is 0 Å². The van der Waals surface area contributed by atoms with E-state index < -0.39 is 17.6 Å². The van der Waals surface area contributed by atoms with Gasteiger partial charge >= 0.3 is 6.18 Å². The van der Waals surface area contributed by atoms with Gasteiger partial charge in [0.05, 0.1) is 17.3 Å². The largest absolute Gasteiger partial charge is 0.416 e. The number of nitrogens with zero attached hydrogens (tertiary/aromatic N) is 1. The summed E-state index contributed by atoms with van der Waals surface area (Å²) in [7, 11) is 0. The Kier molecular flexibility index (Phi) is 3.64. The minimum Gasteiger partial charge on any atom is -0.398 e. The number of hydrogen-bond acceptors (Lipinski definition) is 3. The van der Waals surface area contributed by atoms with Crippen molar-refractivity contribution in [3.05, 3.63) is 47.3 Å². The van der Waals surface area contributed by atoms with Gasteiger partial charge in [-0.25, -0.2) is 0 Å². The van der Waals surface area contributed by atoms with Crippen LogP contribution in [0.5, 0.6) is 0 Å². The number of halogens is 3. The number of nitrogen functional groups attached to an aromatic ring is 1. The molecule has 1 amide bonds. The lowest BCUT2D eigenvalue weighted by Gasteiger charge is -2.11. The summed E-state index contributed by atoms with van der Waals surface area (Å²) in [5.41, 5.74) is 5.10. The molecule has 0 atom stereocenters. The fourth-order valence-electron chi connectivity index (χ4n) is 1.58. The Morgan fingerprint density at radius 2 is 2.15 bits per heavy atom. The van der Waals surface area contributed by atoms with Crippen LogP contribution in [0.4, 0.5) is 18.9 Å². The minimum atomic E-state index is -4.52. The van der Waals surface area contributed by atoms with Crippen LogP contribution in [0.1, 0.15) is 21.5 Å². The highest BCUT2D eigenvalue weighted by Crippen LogP contribution is 2.31. The van der Waals surface area contributed by atoms with E-state index in [1.165, 1.54) is 6.20 Å². The van der Waals surface area contributed by atoms with Crippen LogP contribution in [0.2, 0.25) is 0 Å². The number of alkyl halides is 3. The van der Waals surface area contributed by atoms with E-state index in [1.54, 1.807) is 6.20 Å². The molecule has 4 N–H and O–H groups in total. The summed E-state index contributed by atoms with van der Waals surface area (Å²) >= 11 is 0. The first-order valence-corrected chi connectivity index (χ1v) is 5.60. The molecule has 2 rings (SSSR count). The quantitative estimate of drug-likeness (QED) is 0.753. The lowest BCUT2D eigenvalue weighted by Crippen LogP contribution is -2.24. The predicted molar refractivity (Wildman–Crippen MR) is 65.6 cm³/mol. The summed E-state index contributed by atoms with van der Waals surface area (Å²) in [6.07, 6.45) is -1.46. The summed E-state index contributed by atoms with van der Waals surface area (Å²) < 4.78 is 37.8. The first-order chi connectivity index (χ1) is 9.38. The van der Waals surface area contributed by atoms with Gasteiger partial charge in [-0.1, -0.05) is 0 Å². The number of anilines is 1. The molecular weight excluding hydrogens is 273 g/mol. The highest BCUT2D eigenvalue weighted by Gasteiger charge is 2.31. The Hall–Kier alpha value is -2.51. The van der Waals surface area contributed by atoms with Gasteiger partial charge in [-0.15, -0.1) is 0 Å². The van der Waals surface area contributed by atoms with Crippen molar-refractivity contribution in [2.75, 3.05) is 5.73 Å². The molecule has 0 radical (unpaired) electrons. The molecule has 0 aliphatic carbocycles. The number of rotatable bonds is 3. The van der Waals surface area contributed by atoms with Gasteiger partial charge in [0.25, 0.3) is 5.91 Å². The molecule has 0 aliphatic rings. The molecule has 0 aliphatic heterocycles. The molecule has 0 unspecified atom stereocenters. The van der Waals surface area contributed by atoms with Crippen molar-refractivity contribution in [3.63, 3.8) is 0 Å². The van der Waals surface area contributed by atoms with E-state index in [-0.39, 0.29) is 17.8 Å². The van der Waals surface area contributed by atoms with Gasteiger partial charge < -0.3 is 11.1 Å². The summed E-state index contributed by atoms with van der Waals surface area (Å²) in [6.45, 7) is 0.144. The maximum absolute atomic E-state index is 12.6. The summed E-state index contributed by atoms with van der Waals surface area (Å²) in [6, 6.07) is 2.64. The molecule has 0 bridgehead atoms. The van der Waals surface area contributed by atoms with Crippen LogP contribution in [0, 0.1) is 0 Å². The summed E-state index contributed by atoms with van der Waals surface area (Å²) in [5, 5.41) is 8.72. The van der Waals surface area contributed by atoms with Gasteiger partial charge in [-0.3, -0.25) is 9.89 Å². The van der Waals surface area contributed by atoms with Crippen LogP contribution in [-0.2, 0) is 12.7 Å². The fraction of sp³-hybridized carbons (Fsp3) is 0.167. The Morgan fingerprint density at radius 3 is 2.75 bits per heavy atom. The van der Waals surface area contributed by atoms with E-state index in [0.29, 0.717) is 5.56 Å². The number of benzene rings is 1. The van der Waals surface area contributed by atoms with E-state index in [9.17, 15) is 18.0 Å². The van der Waals surface area contributed by atoms with E-state index in [1.807, 2.05) is 0 Å². The third kappa shape index (κ3) is 3.08. The highest BCUT2D eigenvalue weighted by atomic mass is 19.4. The number of aromatic amines is 1. The molecule has 1 aromatic heterocycles. The van der Waals surface area contributed by atoms with Crippen molar-refractivity contribution in [3.8, 4) is 0 Å². The Morgan fingerprint density at radius 1 is 1.40 bits per heavy atom. The third-order valence-electron chi connectivity index (χ3n) is 2.63. The maximum Gasteiger partial charge on any atom is 0.416 e. The molecule has 0 saturated heterocycles. The smallest absolute Gasteiger partial charge is 0.398 e. The van der Waals surface area contributed by atoms with Gasteiger partial charge in [0, 0.05) is 24.0 Å². The first kappa shape index (κ1) is 13.9. The van der Waals surface area contributed by atoms with Crippen molar-refractivity contribution < 1.29 is 18.0 Å². The van der Waals surface area contributed by atoms with Crippen LogP contribution >= 0.6 is 0 Å². The number of nitrogens with two attached hydrogens (primary N) is 1. The monoisotopic (exact) mass is 284 g/mol. The van der Waals surface area contributed by atoms with Gasteiger partial charge in [-0.2, -0.15) is 18.3 Å². The molecule has 0 fully saturated rings. The molecular formula is C12H11F3N4O. The second kappa shape index (κ2) is 5.24. The van der Waals surface area contributed by atoms with Gasteiger partial charge in [0.2, 0.25) is 0 Å². The zero-order chi connectivity index (χ0) is 14.8. The van der Waals surface area contributed by atoms with Crippen molar-refractivity contribution in [1.29, 1.82) is 0 Å². The number of nitrogens with one attached hydrogen (secondary N) is 2. The molecule has 0 spiro atoms. The summed E-state index contributed by atoms with van der Waals surface area (Å²) in [4.78, 5) is 11.9. The first-order valence-electron chi connectivity index (χ1n) is 5.60. The van der Waals surface area contributed by atoms with Crippen molar-refractivity contribution in [1.82, 2.24) is 15.5 Å². The molecule has 0 saturated carbocycles. The van der Waals surface area contributed by atoms with Gasteiger partial charge in [0.15, 0.2) is 0 Å². The average molecular weight is 284 g/mol. The highest BCUT2D eigenvalue weighted by molar-refractivity contribution is 5.99. The number of H-pyrrole nitrogens is 1. The van der Waals surface area contributed by atoms with Crippen molar-refractivity contribution in [2.24, 2.45) is 0 Å². The van der Waals surface area contributed by atoms with Crippen LogP contribution < -0.4 is 11.1 Å². The van der Waals surface area contributed by atoms with E-state index in [2.05, 4.69) is 15.5 Å². The second-order valence-corrected chi connectivity index (χ2v) is 4.09. The molecule has 20 heavy (non-hydrogen) atoms. The maximum atomic E-state index is 12.6. The van der Waals surface area contributed by atoms with E-state index in [4.69, 9.17) is 5.73 Å². The Balaban J connectivity index is 2.16. The minimum absolute atomic E-state index is 0.0114. The second-order valence-electron chi connectivity index (χ2n) is 4.09. The van der Waals surface area contributed by atoms with Crippen LogP contribution in [0.25, 0.3) is 0 Å². The van der Waals surface area contributed by atoms with Gasteiger partial charge in [-0.05, 0) is 18.2 Å². The lowest BCUT2D eigenvalue weighted by atomic mass is 10.1. The van der Waals surface area contributed by atoms with E-state index in [0.717, 1.165) is 18.2 Å². The Bertz CT molecular complexity index is 608. The molecule has 1 aromatic carbocycles. The van der Waals surface area contributed by atoms with Gasteiger partial charge in [0.1, 0.15) is 0 Å². The van der Waals surface area contributed by atoms with Crippen LogP contribution in [-0.4, -0.2) is 16.1 Å². The zero-order valence-corrected chi connectivity index (χ0v) is 10.2. The molecule has 106 valence electrons. The van der Waals surface area contributed by atoms with Crippen molar-refractivity contribution >= 4 is 11.6 Å².